The average molecular weight is 325 g/mol. The Hall–Kier alpha value is -1.33. The highest BCUT2D eigenvalue weighted by Crippen LogP contribution is 2.23. The first kappa shape index (κ1) is 14.1. The van der Waals surface area contributed by atoms with Crippen molar-refractivity contribution >= 4 is 15.9 Å². The predicted molar refractivity (Wildman–Crippen MR) is 77.0 cm³/mol. The molecule has 0 aliphatic carbocycles. The molecule has 0 aliphatic heterocycles. The maximum absolute atomic E-state index is 8.98. The fourth-order valence-corrected chi connectivity index (χ4v) is 2.55. The van der Waals surface area contributed by atoms with Gasteiger partial charge in [-0.25, -0.2) is 0 Å². The summed E-state index contributed by atoms with van der Waals surface area (Å²) in [6.07, 6.45) is 0.889. The molecule has 102 valence electrons. The minimum Gasteiger partial charge on any atom is -0.487 e. The minimum atomic E-state index is 0.0490. The van der Waals surface area contributed by atoms with Crippen molar-refractivity contribution in [2.45, 2.75) is 26.6 Å². The van der Waals surface area contributed by atoms with E-state index in [2.05, 4.69) is 28.0 Å². The molecule has 1 heterocycles. The number of nitrogens with zero attached hydrogens (tertiary/aromatic N) is 2. The second-order valence-corrected chi connectivity index (χ2v) is 5.07. The molecule has 2 rings (SSSR count). The topological polar surface area (TPSA) is 47.3 Å². The smallest absolute Gasteiger partial charge is 0.131 e. The number of aliphatic hydroxyl groups excluding tert-OH is 1. The lowest BCUT2D eigenvalue weighted by molar-refractivity contribution is 0.280. The number of ether oxygens (including phenoxy) is 1. The van der Waals surface area contributed by atoms with E-state index in [-0.39, 0.29) is 6.61 Å². The van der Waals surface area contributed by atoms with E-state index in [0.29, 0.717) is 6.61 Å². The van der Waals surface area contributed by atoms with Crippen molar-refractivity contribution in [1.29, 1.82) is 0 Å². The Kier molecular flexibility index (Phi) is 4.61. The third-order valence-electron chi connectivity index (χ3n) is 2.98. The maximum atomic E-state index is 8.98. The molecule has 0 saturated heterocycles. The van der Waals surface area contributed by atoms with Gasteiger partial charge in [0.25, 0.3) is 0 Å². The van der Waals surface area contributed by atoms with Crippen molar-refractivity contribution in [2.75, 3.05) is 0 Å². The average Bonchev–Trinajstić information content (AvgIpc) is 2.72. The van der Waals surface area contributed by atoms with Crippen LogP contribution in [0, 0.1) is 0 Å². The molecule has 0 saturated carbocycles. The minimum absolute atomic E-state index is 0.0490. The molecule has 0 atom stereocenters. The van der Waals surface area contributed by atoms with Crippen LogP contribution in [-0.2, 0) is 26.7 Å². The van der Waals surface area contributed by atoms with Crippen molar-refractivity contribution in [3.05, 3.63) is 45.7 Å². The zero-order chi connectivity index (χ0) is 13.8. The zero-order valence-electron chi connectivity index (χ0n) is 11.1. The van der Waals surface area contributed by atoms with Crippen LogP contribution in [0.3, 0.4) is 0 Å². The quantitative estimate of drug-likeness (QED) is 0.920. The molecular formula is C14H17BrN2O2. The highest BCUT2D eigenvalue weighted by molar-refractivity contribution is 9.10. The summed E-state index contributed by atoms with van der Waals surface area (Å²) in [5.41, 5.74) is 2.93. The molecule has 1 aromatic heterocycles. The zero-order valence-corrected chi connectivity index (χ0v) is 12.6. The van der Waals surface area contributed by atoms with Gasteiger partial charge in [0, 0.05) is 7.05 Å². The molecule has 1 aromatic carbocycles. The van der Waals surface area contributed by atoms with Gasteiger partial charge >= 0.3 is 0 Å². The van der Waals surface area contributed by atoms with Crippen LogP contribution in [0.2, 0.25) is 0 Å². The van der Waals surface area contributed by atoms with E-state index in [1.54, 1.807) is 0 Å². The largest absolute Gasteiger partial charge is 0.487 e. The van der Waals surface area contributed by atoms with Crippen molar-refractivity contribution in [1.82, 2.24) is 9.78 Å². The normalized spacial score (nSPS) is 10.7. The van der Waals surface area contributed by atoms with E-state index < -0.39 is 0 Å². The van der Waals surface area contributed by atoms with Crippen molar-refractivity contribution in [3.63, 3.8) is 0 Å². The van der Waals surface area contributed by atoms with Gasteiger partial charge < -0.3 is 9.84 Å². The van der Waals surface area contributed by atoms with E-state index in [1.165, 1.54) is 0 Å². The van der Waals surface area contributed by atoms with Crippen LogP contribution in [0.15, 0.2) is 28.7 Å². The number of hydrogen-bond acceptors (Lipinski definition) is 3. The molecule has 5 heteroatoms. The number of rotatable bonds is 5. The fourth-order valence-electron chi connectivity index (χ4n) is 1.82. The lowest BCUT2D eigenvalue weighted by Crippen LogP contribution is -2.03. The Labute approximate surface area is 121 Å². The first-order valence-electron chi connectivity index (χ1n) is 6.18. The van der Waals surface area contributed by atoms with Crippen LogP contribution in [0.1, 0.15) is 23.9 Å². The molecule has 0 aliphatic rings. The van der Waals surface area contributed by atoms with Gasteiger partial charge in [-0.3, -0.25) is 4.68 Å². The second-order valence-electron chi connectivity index (χ2n) is 4.28. The number of aromatic nitrogens is 2. The Morgan fingerprint density at radius 1 is 1.32 bits per heavy atom. The number of aliphatic hydroxyl groups is 1. The SMILES string of the molecule is CCc1nn(C)c(COc2ccc(CO)cc2)c1Br. The highest BCUT2D eigenvalue weighted by atomic mass is 79.9. The molecule has 0 fully saturated rings. The first-order valence-corrected chi connectivity index (χ1v) is 6.97. The summed E-state index contributed by atoms with van der Waals surface area (Å²) in [5, 5.41) is 13.4. The maximum Gasteiger partial charge on any atom is 0.131 e. The highest BCUT2D eigenvalue weighted by Gasteiger charge is 2.12. The number of benzene rings is 1. The van der Waals surface area contributed by atoms with Crippen LogP contribution in [0.25, 0.3) is 0 Å². The summed E-state index contributed by atoms with van der Waals surface area (Å²) in [7, 11) is 1.91. The molecule has 0 radical (unpaired) electrons. The van der Waals surface area contributed by atoms with Crippen LogP contribution in [0.4, 0.5) is 0 Å². The van der Waals surface area contributed by atoms with Gasteiger partial charge in [-0.15, -0.1) is 0 Å². The van der Waals surface area contributed by atoms with Gasteiger partial charge in [-0.2, -0.15) is 5.10 Å². The Morgan fingerprint density at radius 2 is 2.00 bits per heavy atom. The molecular weight excluding hydrogens is 308 g/mol. The van der Waals surface area contributed by atoms with Crippen LogP contribution < -0.4 is 4.74 Å². The standard InChI is InChI=1S/C14H17BrN2O2/c1-3-12-14(15)13(17(2)16-12)9-19-11-6-4-10(8-18)5-7-11/h4-7,18H,3,8-9H2,1-2H3. The fraction of sp³-hybridized carbons (Fsp3) is 0.357. The Balaban J connectivity index is 2.07. The molecule has 0 spiro atoms. The lowest BCUT2D eigenvalue weighted by Gasteiger charge is -2.07. The predicted octanol–water partition coefficient (Wildman–Crippen LogP) is 2.82. The van der Waals surface area contributed by atoms with E-state index >= 15 is 0 Å². The van der Waals surface area contributed by atoms with Gasteiger partial charge in [0.15, 0.2) is 0 Å². The van der Waals surface area contributed by atoms with Gasteiger partial charge in [0.2, 0.25) is 0 Å². The molecule has 2 aromatic rings. The third-order valence-corrected chi connectivity index (χ3v) is 3.90. The van der Waals surface area contributed by atoms with E-state index in [9.17, 15) is 0 Å². The van der Waals surface area contributed by atoms with Crippen molar-refractivity contribution < 1.29 is 9.84 Å². The van der Waals surface area contributed by atoms with Crippen molar-refractivity contribution in [2.24, 2.45) is 7.05 Å². The Bertz CT molecular complexity index is 549. The van der Waals surface area contributed by atoms with Crippen molar-refractivity contribution in [3.8, 4) is 5.75 Å². The van der Waals surface area contributed by atoms with E-state index in [4.69, 9.17) is 9.84 Å². The van der Waals surface area contributed by atoms with E-state index in [0.717, 1.165) is 33.6 Å². The first-order chi connectivity index (χ1) is 9.15. The molecule has 4 nitrogen and oxygen atoms in total. The van der Waals surface area contributed by atoms with Crippen LogP contribution in [-0.4, -0.2) is 14.9 Å². The molecule has 0 amide bonds. The second kappa shape index (κ2) is 6.21. The summed E-state index contributed by atoms with van der Waals surface area (Å²) in [5.74, 6) is 0.781. The van der Waals surface area contributed by atoms with E-state index in [1.807, 2.05) is 36.0 Å². The van der Waals surface area contributed by atoms with Gasteiger partial charge in [0.05, 0.1) is 22.5 Å². The van der Waals surface area contributed by atoms with Gasteiger partial charge in [-0.05, 0) is 40.0 Å². The molecule has 0 unspecified atom stereocenters. The van der Waals surface area contributed by atoms with Gasteiger partial charge in [0.1, 0.15) is 12.4 Å². The van der Waals surface area contributed by atoms with Crippen LogP contribution >= 0.6 is 15.9 Å². The van der Waals surface area contributed by atoms with Gasteiger partial charge in [-0.1, -0.05) is 19.1 Å². The monoisotopic (exact) mass is 324 g/mol. The Morgan fingerprint density at radius 3 is 2.53 bits per heavy atom. The summed E-state index contributed by atoms with van der Waals surface area (Å²) < 4.78 is 8.59. The lowest BCUT2D eigenvalue weighted by atomic mass is 10.2. The molecule has 1 N–H and O–H groups in total. The number of hydrogen-bond donors (Lipinski definition) is 1. The number of halogens is 1. The molecule has 19 heavy (non-hydrogen) atoms. The summed E-state index contributed by atoms with van der Waals surface area (Å²) in [6, 6.07) is 7.42. The summed E-state index contributed by atoms with van der Waals surface area (Å²) in [4.78, 5) is 0. The number of aryl methyl sites for hydroxylation is 2. The third kappa shape index (κ3) is 3.16. The van der Waals surface area contributed by atoms with Crippen LogP contribution in [0.5, 0.6) is 5.75 Å². The molecule has 0 bridgehead atoms. The summed E-state index contributed by atoms with van der Waals surface area (Å²) in [6.45, 7) is 2.58. The summed E-state index contributed by atoms with van der Waals surface area (Å²) >= 11 is 3.56.